The number of nitrogens with zero attached hydrogens (tertiary/aromatic N) is 4. The number of pyridine rings is 2. The van der Waals surface area contributed by atoms with Gasteiger partial charge in [-0.15, -0.1) is 0 Å². The lowest BCUT2D eigenvalue weighted by molar-refractivity contribution is 0.620. The van der Waals surface area contributed by atoms with Gasteiger partial charge in [0, 0.05) is 38.2 Å². The Morgan fingerprint density at radius 3 is 1.04 bits per heavy atom. The van der Waals surface area contributed by atoms with Crippen molar-refractivity contribution in [3.05, 3.63) is 297 Å². The largest absolute Gasteiger partial charge is 0.436 e. The summed E-state index contributed by atoms with van der Waals surface area (Å²) in [6.45, 7) is 0. The van der Waals surface area contributed by atoms with E-state index in [0.29, 0.717) is 11.5 Å². The predicted molar refractivity (Wildman–Crippen MR) is 334 cm³/mol. The maximum atomic E-state index is 9.12. The molecular weight excluding hydrogens is 985 g/mol. The van der Waals surface area contributed by atoms with E-state index < -0.39 is 0 Å². The second-order valence-corrected chi connectivity index (χ2v) is 20.1. The van der Waals surface area contributed by atoms with Crippen LogP contribution in [0.25, 0.3) is 144 Å². The molecule has 15 aromatic rings. The van der Waals surface area contributed by atoms with Crippen molar-refractivity contribution in [1.29, 1.82) is 5.26 Å². The third-order valence-corrected chi connectivity index (χ3v) is 15.2. The second-order valence-electron chi connectivity index (χ2n) is 20.1. The van der Waals surface area contributed by atoms with Crippen molar-refractivity contribution in [2.24, 2.45) is 0 Å². The summed E-state index contributed by atoms with van der Waals surface area (Å²) >= 11 is 0. The summed E-state index contributed by atoms with van der Waals surface area (Å²) in [7, 11) is 0. The van der Waals surface area contributed by atoms with Gasteiger partial charge in [-0.1, -0.05) is 231 Å². The van der Waals surface area contributed by atoms with Crippen molar-refractivity contribution in [3.63, 3.8) is 0 Å². The summed E-state index contributed by atoms with van der Waals surface area (Å²) in [6, 6.07) is 103. The quantitative estimate of drug-likeness (QED) is 0.142. The van der Waals surface area contributed by atoms with Crippen LogP contribution in [-0.2, 0) is 0 Å². The van der Waals surface area contributed by atoms with E-state index in [9.17, 15) is 0 Å². The number of hydrogen-bond acceptors (Lipinski definition) is 5. The van der Waals surface area contributed by atoms with E-state index in [1.165, 1.54) is 49.7 Å². The minimum atomic E-state index is 0.619. The van der Waals surface area contributed by atoms with Gasteiger partial charge in [-0.05, 0) is 127 Å². The molecule has 0 radical (unpaired) electrons. The van der Waals surface area contributed by atoms with Gasteiger partial charge in [-0.2, -0.15) is 5.26 Å². The van der Waals surface area contributed by atoms with Crippen LogP contribution < -0.4 is 0 Å². The smallest absolute Gasteiger partial charge is 0.227 e. The first-order valence-electron chi connectivity index (χ1n) is 27.1. The van der Waals surface area contributed by atoms with E-state index in [1.54, 1.807) is 0 Å². The highest BCUT2D eigenvalue weighted by Crippen LogP contribution is 2.43. The highest BCUT2D eigenvalue weighted by atomic mass is 16.3. The molecule has 15 rings (SSSR count). The number of para-hydroxylation sites is 2. The highest BCUT2D eigenvalue weighted by molar-refractivity contribution is 6.17. The molecule has 0 saturated heterocycles. The third kappa shape index (κ3) is 9.33. The van der Waals surface area contributed by atoms with Crippen LogP contribution in [0, 0.1) is 11.3 Å². The van der Waals surface area contributed by atoms with Crippen LogP contribution in [-0.4, -0.2) is 15.0 Å². The maximum absolute atomic E-state index is 9.12. The topological polar surface area (TPSA) is 75.6 Å². The summed E-state index contributed by atoms with van der Waals surface area (Å²) in [5, 5.41) is 16.1. The van der Waals surface area contributed by atoms with Gasteiger partial charge in [-0.3, -0.25) is 0 Å². The minimum absolute atomic E-state index is 0.619. The van der Waals surface area contributed by atoms with Gasteiger partial charge in [0.05, 0.1) is 34.1 Å². The van der Waals surface area contributed by atoms with Gasteiger partial charge >= 0.3 is 0 Å². The Labute approximate surface area is 469 Å². The Morgan fingerprint density at radius 2 is 0.617 bits per heavy atom. The Kier molecular flexibility index (Phi) is 12.6. The molecule has 0 amide bonds. The third-order valence-electron chi connectivity index (χ3n) is 15.2. The van der Waals surface area contributed by atoms with Crippen molar-refractivity contribution in [2.45, 2.75) is 0 Å². The molecule has 378 valence electrons. The number of oxazole rings is 1. The zero-order valence-electron chi connectivity index (χ0n) is 43.9. The van der Waals surface area contributed by atoms with Crippen LogP contribution in [0.15, 0.2) is 296 Å². The van der Waals surface area contributed by atoms with Crippen molar-refractivity contribution in [3.8, 4) is 95.7 Å². The molecule has 5 heteroatoms. The average Bonchev–Trinajstić information content (AvgIpc) is 4.02. The van der Waals surface area contributed by atoms with Crippen LogP contribution in [0.4, 0.5) is 0 Å². The molecule has 0 unspecified atom stereocenters. The molecule has 3 aromatic heterocycles. The summed E-state index contributed by atoms with van der Waals surface area (Å²) in [5.74, 6) is 0.619. The van der Waals surface area contributed by atoms with E-state index in [4.69, 9.17) is 19.6 Å². The fraction of sp³-hybridized carbons (Fsp3) is 0. The molecule has 0 aliphatic carbocycles. The number of nitriles is 1. The average molecular weight is 1030 g/mol. The van der Waals surface area contributed by atoms with Crippen LogP contribution in [0.3, 0.4) is 0 Å². The molecule has 5 nitrogen and oxygen atoms in total. The molecule has 0 atom stereocenters. The molecule has 3 heterocycles. The van der Waals surface area contributed by atoms with Gasteiger partial charge in [0.1, 0.15) is 5.52 Å². The Balaban J connectivity index is 0.000000146. The van der Waals surface area contributed by atoms with Gasteiger partial charge in [-0.25, -0.2) is 15.0 Å². The molecule has 0 N–H and O–H groups in total. The first-order valence-corrected chi connectivity index (χ1v) is 27.1. The Hall–Kier alpha value is -11.1. The number of aromatic nitrogens is 3. The summed E-state index contributed by atoms with van der Waals surface area (Å²) in [6.07, 6.45) is 0. The molecular formula is C76H48N4O. The minimum Gasteiger partial charge on any atom is -0.436 e. The lowest BCUT2D eigenvalue weighted by Crippen LogP contribution is -1.93. The number of fused-ring (bicyclic) bond motifs is 7. The van der Waals surface area contributed by atoms with Gasteiger partial charge in [0.15, 0.2) is 5.58 Å². The summed E-state index contributed by atoms with van der Waals surface area (Å²) < 4.78 is 6.00. The zero-order chi connectivity index (χ0) is 54.1. The van der Waals surface area contributed by atoms with Crippen LogP contribution in [0.1, 0.15) is 5.56 Å². The molecule has 12 aromatic carbocycles. The Bertz CT molecular complexity index is 4790. The van der Waals surface area contributed by atoms with Crippen LogP contribution >= 0.6 is 0 Å². The first kappa shape index (κ1) is 48.3. The lowest BCUT2D eigenvalue weighted by atomic mass is 9.91. The standard InChI is InChI=1S/C38H24N2O.C38H24N2/c1-3-11-25(12-4-1)31-23-33-32(26-13-5-2-6-14-26)24-35(39-37(33)30-16-8-7-15-29(30)31)27-19-21-28(22-20-27)38-40-34-17-9-10-18-36(34)41-38;39-25-26-15-17-27(18-16-26)28-19-21-31(22-20-28)37-24-35(30-11-5-2-6-12-30)36-23-34(29-9-3-1-4-10-29)32-13-7-8-14-33(32)38(36)40-37/h1-24H;1-24H. The molecule has 0 saturated carbocycles. The van der Waals surface area contributed by atoms with Crippen molar-refractivity contribution in [2.75, 3.05) is 0 Å². The van der Waals surface area contributed by atoms with Crippen LogP contribution in [0.2, 0.25) is 0 Å². The monoisotopic (exact) mass is 1030 g/mol. The van der Waals surface area contributed by atoms with E-state index in [0.717, 1.165) is 88.4 Å². The maximum Gasteiger partial charge on any atom is 0.227 e. The molecule has 0 spiro atoms. The van der Waals surface area contributed by atoms with Crippen LogP contribution in [0.5, 0.6) is 0 Å². The van der Waals surface area contributed by atoms with Crippen molar-refractivity contribution < 1.29 is 4.42 Å². The Morgan fingerprint density at radius 1 is 0.272 bits per heavy atom. The van der Waals surface area contributed by atoms with E-state index >= 15 is 0 Å². The normalized spacial score (nSPS) is 11.2. The fourth-order valence-electron chi connectivity index (χ4n) is 11.2. The zero-order valence-corrected chi connectivity index (χ0v) is 43.9. The molecule has 81 heavy (non-hydrogen) atoms. The molecule has 0 aliphatic heterocycles. The fourth-order valence-corrected chi connectivity index (χ4v) is 11.2. The SMILES string of the molecule is N#Cc1ccc(-c2ccc(-c3cc(-c4ccccc4)c4cc(-c5ccccc5)c5ccccc5c4n3)cc2)cc1.c1ccc(-c2cc3c(-c4ccccc4)cc(-c4ccc(-c5nc6ccccc6o5)cc4)nc3c3ccccc23)cc1. The first-order chi connectivity index (χ1) is 40.1. The summed E-state index contributed by atoms with van der Waals surface area (Å²) in [4.78, 5) is 15.2. The van der Waals surface area contributed by atoms with E-state index in [1.807, 2.05) is 48.5 Å². The molecule has 0 bridgehead atoms. The van der Waals surface area contributed by atoms with Crippen molar-refractivity contribution >= 4 is 54.5 Å². The van der Waals surface area contributed by atoms with Gasteiger partial charge in [0.25, 0.3) is 0 Å². The number of rotatable bonds is 8. The highest BCUT2D eigenvalue weighted by Gasteiger charge is 2.19. The lowest BCUT2D eigenvalue weighted by Gasteiger charge is -2.16. The molecule has 0 aliphatic rings. The van der Waals surface area contributed by atoms with E-state index in [-0.39, 0.29) is 0 Å². The van der Waals surface area contributed by atoms with E-state index in [2.05, 4.69) is 254 Å². The number of hydrogen-bond donors (Lipinski definition) is 0. The van der Waals surface area contributed by atoms with Crippen molar-refractivity contribution in [1.82, 2.24) is 15.0 Å². The van der Waals surface area contributed by atoms with Gasteiger partial charge < -0.3 is 4.42 Å². The predicted octanol–water partition coefficient (Wildman–Crippen LogP) is 20.1. The van der Waals surface area contributed by atoms with Gasteiger partial charge in [0.2, 0.25) is 5.89 Å². The second kappa shape index (κ2) is 21.1. The number of benzene rings is 12. The summed E-state index contributed by atoms with van der Waals surface area (Å²) in [5.41, 5.74) is 20.9. The molecule has 0 fully saturated rings.